The summed E-state index contributed by atoms with van der Waals surface area (Å²) in [5.41, 5.74) is 1.02. The van der Waals surface area contributed by atoms with E-state index in [0.29, 0.717) is 18.7 Å². The number of unbranched alkanes of at least 4 members (excludes halogenated alkanes) is 1. The van der Waals surface area contributed by atoms with E-state index in [1.807, 2.05) is 37.3 Å². The van der Waals surface area contributed by atoms with Gasteiger partial charge in [-0.05, 0) is 42.7 Å². The average molecular weight is 405 g/mol. The van der Waals surface area contributed by atoms with Gasteiger partial charge in [0.2, 0.25) is 15.9 Å². The minimum absolute atomic E-state index is 0.141. The number of carbonyl (C=O) groups is 1. The third-order valence-corrected chi connectivity index (χ3v) is 6.22. The summed E-state index contributed by atoms with van der Waals surface area (Å²) in [6, 6.07) is 15.8. The molecule has 0 spiro atoms. The van der Waals surface area contributed by atoms with Gasteiger partial charge in [-0.25, -0.2) is 8.42 Å². The number of sulfonamides is 1. The normalized spacial score (nSPS) is 11.4. The molecule has 28 heavy (non-hydrogen) atoms. The monoisotopic (exact) mass is 404 g/mol. The van der Waals surface area contributed by atoms with Gasteiger partial charge in [0, 0.05) is 13.1 Å². The summed E-state index contributed by atoms with van der Waals surface area (Å²) in [5, 5.41) is 2.79. The Hall–Kier alpha value is -2.38. The summed E-state index contributed by atoms with van der Waals surface area (Å²) < 4.78 is 32.6. The van der Waals surface area contributed by atoms with Gasteiger partial charge in [0.05, 0.1) is 18.6 Å². The van der Waals surface area contributed by atoms with E-state index >= 15 is 0 Å². The van der Waals surface area contributed by atoms with E-state index < -0.39 is 10.0 Å². The van der Waals surface area contributed by atoms with Gasteiger partial charge < -0.3 is 10.1 Å². The third kappa shape index (κ3) is 6.35. The number of ether oxygens (including phenoxy) is 1. The summed E-state index contributed by atoms with van der Waals surface area (Å²) >= 11 is 0. The Kier molecular flexibility index (Phi) is 8.47. The minimum Gasteiger partial charge on any atom is -0.497 e. The molecule has 2 aromatic carbocycles. The summed E-state index contributed by atoms with van der Waals surface area (Å²) in [5.74, 6) is 0.283. The Morgan fingerprint density at radius 3 is 2.36 bits per heavy atom. The van der Waals surface area contributed by atoms with Gasteiger partial charge in [-0.1, -0.05) is 43.7 Å². The van der Waals surface area contributed by atoms with Crippen LogP contribution in [0.2, 0.25) is 0 Å². The highest BCUT2D eigenvalue weighted by molar-refractivity contribution is 7.89. The first kappa shape index (κ1) is 21.9. The Morgan fingerprint density at radius 1 is 1.07 bits per heavy atom. The van der Waals surface area contributed by atoms with Crippen LogP contribution in [-0.2, 0) is 21.2 Å². The molecule has 0 unspecified atom stereocenters. The minimum atomic E-state index is -3.80. The lowest BCUT2D eigenvalue weighted by atomic mass is 10.1. The van der Waals surface area contributed by atoms with Crippen LogP contribution in [0.5, 0.6) is 5.75 Å². The number of rotatable bonds is 11. The molecule has 0 aromatic heterocycles. The van der Waals surface area contributed by atoms with Crippen LogP contribution in [0, 0.1) is 0 Å². The number of methoxy groups -OCH3 is 1. The van der Waals surface area contributed by atoms with E-state index in [1.54, 1.807) is 12.1 Å². The molecule has 0 heterocycles. The molecule has 0 saturated carbocycles. The number of nitrogens with zero attached hydrogens (tertiary/aromatic N) is 1. The van der Waals surface area contributed by atoms with Gasteiger partial charge in [-0.15, -0.1) is 0 Å². The Balaban J connectivity index is 2.17. The molecule has 0 bridgehead atoms. The second kappa shape index (κ2) is 10.8. The van der Waals surface area contributed by atoms with Gasteiger partial charge in [0.25, 0.3) is 0 Å². The first-order valence-electron chi connectivity index (χ1n) is 9.42. The highest BCUT2D eigenvalue weighted by Gasteiger charge is 2.26. The number of hydrogen-bond donors (Lipinski definition) is 1. The highest BCUT2D eigenvalue weighted by atomic mass is 32.2. The molecule has 6 nitrogen and oxygen atoms in total. The first-order chi connectivity index (χ1) is 13.5. The molecule has 2 rings (SSSR count). The molecule has 0 saturated heterocycles. The van der Waals surface area contributed by atoms with Crippen LogP contribution in [0.15, 0.2) is 59.5 Å². The van der Waals surface area contributed by atoms with Gasteiger partial charge in [0.15, 0.2) is 0 Å². The fraction of sp³-hybridized carbons (Fsp3) is 0.381. The van der Waals surface area contributed by atoms with Gasteiger partial charge in [0.1, 0.15) is 5.75 Å². The quantitative estimate of drug-likeness (QED) is 0.585. The predicted molar refractivity (Wildman–Crippen MR) is 110 cm³/mol. The molecular weight excluding hydrogens is 376 g/mol. The standard InChI is InChI=1S/C21H28N2O4S/c1-3-4-15-22-21(24)17-23(16-14-18-8-6-5-7-9-18)28(25,26)20-12-10-19(27-2)11-13-20/h5-13H,3-4,14-17H2,1-2H3,(H,22,24). The van der Waals surface area contributed by atoms with Crippen molar-refractivity contribution < 1.29 is 17.9 Å². The van der Waals surface area contributed by atoms with Gasteiger partial charge in [-0.2, -0.15) is 4.31 Å². The number of amides is 1. The number of hydrogen-bond acceptors (Lipinski definition) is 4. The third-order valence-electron chi connectivity index (χ3n) is 4.36. The summed E-state index contributed by atoms with van der Waals surface area (Å²) in [6.45, 7) is 2.60. The number of carbonyl (C=O) groups excluding carboxylic acids is 1. The summed E-state index contributed by atoms with van der Waals surface area (Å²) in [4.78, 5) is 12.4. The van der Waals surface area contributed by atoms with Crippen molar-refractivity contribution in [3.63, 3.8) is 0 Å². The molecule has 0 aliphatic carbocycles. The molecule has 0 radical (unpaired) electrons. The zero-order valence-corrected chi connectivity index (χ0v) is 17.2. The average Bonchev–Trinajstić information content (AvgIpc) is 2.72. The first-order valence-corrected chi connectivity index (χ1v) is 10.9. The molecule has 0 aliphatic heterocycles. The smallest absolute Gasteiger partial charge is 0.243 e. The molecule has 0 aliphatic rings. The van der Waals surface area contributed by atoms with Crippen molar-refractivity contribution >= 4 is 15.9 Å². The van der Waals surface area contributed by atoms with Crippen molar-refractivity contribution in [2.45, 2.75) is 31.1 Å². The van der Waals surface area contributed by atoms with Gasteiger partial charge in [-0.3, -0.25) is 4.79 Å². The molecule has 1 amide bonds. The molecule has 7 heteroatoms. The van der Waals surface area contributed by atoms with Crippen molar-refractivity contribution in [2.24, 2.45) is 0 Å². The lowest BCUT2D eigenvalue weighted by Crippen LogP contribution is -2.41. The van der Waals surface area contributed by atoms with Crippen molar-refractivity contribution in [1.82, 2.24) is 9.62 Å². The van der Waals surface area contributed by atoms with Crippen LogP contribution < -0.4 is 10.1 Å². The lowest BCUT2D eigenvalue weighted by molar-refractivity contribution is -0.121. The van der Waals surface area contributed by atoms with Crippen LogP contribution in [0.1, 0.15) is 25.3 Å². The largest absolute Gasteiger partial charge is 0.497 e. The molecule has 0 fully saturated rings. The molecule has 2 aromatic rings. The molecule has 0 atom stereocenters. The van der Waals surface area contributed by atoms with Crippen molar-refractivity contribution in [3.8, 4) is 5.75 Å². The molecule has 152 valence electrons. The number of nitrogens with one attached hydrogen (secondary N) is 1. The Bertz CT molecular complexity index is 836. The van der Waals surface area contributed by atoms with E-state index in [-0.39, 0.29) is 23.9 Å². The van der Waals surface area contributed by atoms with Crippen LogP contribution in [-0.4, -0.2) is 45.4 Å². The Morgan fingerprint density at radius 2 is 1.75 bits per heavy atom. The topological polar surface area (TPSA) is 75.7 Å². The van der Waals surface area contributed by atoms with Crippen LogP contribution >= 0.6 is 0 Å². The van der Waals surface area contributed by atoms with Crippen molar-refractivity contribution in [1.29, 1.82) is 0 Å². The van der Waals surface area contributed by atoms with Crippen LogP contribution in [0.3, 0.4) is 0 Å². The van der Waals surface area contributed by atoms with Crippen LogP contribution in [0.4, 0.5) is 0 Å². The maximum atomic E-state index is 13.1. The van der Waals surface area contributed by atoms with E-state index in [0.717, 1.165) is 18.4 Å². The fourth-order valence-electron chi connectivity index (χ4n) is 2.70. The zero-order chi connectivity index (χ0) is 20.4. The molecule has 1 N–H and O–H groups in total. The maximum Gasteiger partial charge on any atom is 0.243 e. The summed E-state index contributed by atoms with van der Waals surface area (Å²) in [7, 11) is -2.28. The van der Waals surface area contributed by atoms with Crippen molar-refractivity contribution in [2.75, 3.05) is 26.7 Å². The lowest BCUT2D eigenvalue weighted by Gasteiger charge is -2.22. The maximum absolute atomic E-state index is 13.1. The van der Waals surface area contributed by atoms with E-state index in [2.05, 4.69) is 5.32 Å². The van der Waals surface area contributed by atoms with E-state index in [4.69, 9.17) is 4.74 Å². The predicted octanol–water partition coefficient (Wildman–Crippen LogP) is 2.84. The Labute approximate surface area is 167 Å². The second-order valence-electron chi connectivity index (χ2n) is 6.45. The van der Waals surface area contributed by atoms with E-state index in [1.165, 1.54) is 23.5 Å². The second-order valence-corrected chi connectivity index (χ2v) is 8.39. The highest BCUT2D eigenvalue weighted by Crippen LogP contribution is 2.20. The van der Waals surface area contributed by atoms with E-state index in [9.17, 15) is 13.2 Å². The van der Waals surface area contributed by atoms with Crippen LogP contribution in [0.25, 0.3) is 0 Å². The SMILES string of the molecule is CCCCNC(=O)CN(CCc1ccccc1)S(=O)(=O)c1ccc(OC)cc1. The fourth-order valence-corrected chi connectivity index (χ4v) is 4.10. The molecular formula is C21H28N2O4S. The number of benzene rings is 2. The zero-order valence-electron chi connectivity index (χ0n) is 16.4. The summed E-state index contributed by atoms with van der Waals surface area (Å²) in [6.07, 6.45) is 2.35. The van der Waals surface area contributed by atoms with Gasteiger partial charge >= 0.3 is 0 Å². The van der Waals surface area contributed by atoms with Crippen molar-refractivity contribution in [3.05, 3.63) is 60.2 Å².